The molecule has 0 aliphatic carbocycles. The molecule has 1 unspecified atom stereocenters. The van der Waals surface area contributed by atoms with Crippen LogP contribution >= 0.6 is 23.5 Å². The number of rotatable bonds is 2. The van der Waals surface area contributed by atoms with E-state index >= 15 is 0 Å². The lowest BCUT2D eigenvalue weighted by atomic mass is 10.0. The predicted molar refractivity (Wildman–Crippen MR) is 89.7 cm³/mol. The van der Waals surface area contributed by atoms with Gasteiger partial charge in [0.15, 0.2) is 5.17 Å². The van der Waals surface area contributed by atoms with Crippen molar-refractivity contribution < 1.29 is 8.81 Å². The van der Waals surface area contributed by atoms with Crippen molar-refractivity contribution in [1.82, 2.24) is 0 Å². The molecule has 1 aliphatic heterocycles. The maximum Gasteiger partial charge on any atom is 0.205 e. The molecule has 2 aromatic rings. The zero-order valence-corrected chi connectivity index (χ0v) is 13.6. The number of hydrogen-bond donors (Lipinski definition) is 1. The first-order valence-electron chi connectivity index (χ1n) is 6.45. The Morgan fingerprint density at radius 2 is 1.95 bits per heavy atom. The quantitative estimate of drug-likeness (QED) is 0.853. The van der Waals surface area contributed by atoms with Crippen molar-refractivity contribution in [2.24, 2.45) is 4.99 Å². The third kappa shape index (κ3) is 2.58. The van der Waals surface area contributed by atoms with Gasteiger partial charge in [0.05, 0.1) is 5.56 Å². The van der Waals surface area contributed by atoms with Crippen LogP contribution < -0.4 is 5.32 Å². The van der Waals surface area contributed by atoms with Crippen molar-refractivity contribution in [3.8, 4) is 11.1 Å². The van der Waals surface area contributed by atoms with Crippen molar-refractivity contribution in [2.45, 2.75) is 12.3 Å². The third-order valence-corrected chi connectivity index (χ3v) is 4.75. The van der Waals surface area contributed by atoms with E-state index in [-0.39, 0.29) is 11.2 Å². The molecule has 1 aromatic heterocycles. The van der Waals surface area contributed by atoms with Crippen molar-refractivity contribution in [3.05, 3.63) is 41.4 Å². The lowest BCUT2D eigenvalue weighted by molar-refractivity contribution is 0.550. The summed E-state index contributed by atoms with van der Waals surface area (Å²) in [6, 6.07) is 6.49. The number of nitrogens with zero attached hydrogens (tertiary/aromatic N) is 1. The summed E-state index contributed by atoms with van der Waals surface area (Å²) in [6.07, 6.45) is 4.00. The Morgan fingerprint density at radius 1 is 1.24 bits per heavy atom. The number of halogens is 1. The number of hydrogen-bond acceptors (Lipinski definition) is 5. The molecule has 1 N–H and O–H groups in total. The highest BCUT2D eigenvalue weighted by molar-refractivity contribution is 8.13. The normalized spacial score (nSPS) is 17.1. The number of nitrogens with one attached hydrogen (secondary N) is 1. The maximum absolute atomic E-state index is 13.1. The van der Waals surface area contributed by atoms with E-state index in [0.29, 0.717) is 0 Å². The topological polar surface area (TPSA) is 37.5 Å². The lowest BCUT2D eigenvalue weighted by Gasteiger charge is -2.20. The van der Waals surface area contributed by atoms with Crippen LogP contribution in [0, 0.1) is 12.7 Å². The summed E-state index contributed by atoms with van der Waals surface area (Å²) >= 11 is 3.22. The molecular formula is C15H15FN2OS2. The molecule has 110 valence electrons. The smallest absolute Gasteiger partial charge is 0.205 e. The van der Waals surface area contributed by atoms with Gasteiger partial charge in [-0.25, -0.2) is 9.38 Å². The highest BCUT2D eigenvalue weighted by Crippen LogP contribution is 2.46. The van der Waals surface area contributed by atoms with E-state index in [9.17, 15) is 4.39 Å². The standard InChI is InChI=1S/C15H15FN2OS2/c1-8-11(9-4-6-10(16)7-5-9)12-13(19-8)17-15(21-3)18-14(12)20-2/h4-7,14H,1-3H3,(H,17,18). The van der Waals surface area contributed by atoms with Crippen LogP contribution in [0.5, 0.6) is 0 Å². The molecule has 6 heteroatoms. The fraction of sp³-hybridized carbons (Fsp3) is 0.267. The summed E-state index contributed by atoms with van der Waals surface area (Å²) in [4.78, 5) is 4.67. The van der Waals surface area contributed by atoms with Crippen molar-refractivity contribution >= 4 is 34.6 Å². The number of thioether (sulfide) groups is 2. The van der Waals surface area contributed by atoms with Gasteiger partial charge < -0.3 is 9.73 Å². The number of benzene rings is 1. The summed E-state index contributed by atoms with van der Waals surface area (Å²) in [5.74, 6) is 1.32. The van der Waals surface area contributed by atoms with E-state index in [1.54, 1.807) is 35.7 Å². The molecule has 0 saturated heterocycles. The zero-order valence-electron chi connectivity index (χ0n) is 11.9. The van der Waals surface area contributed by atoms with Gasteiger partial charge in [0, 0.05) is 5.56 Å². The van der Waals surface area contributed by atoms with Crippen LogP contribution in [0.2, 0.25) is 0 Å². The van der Waals surface area contributed by atoms with Gasteiger partial charge in [0.2, 0.25) is 5.88 Å². The average Bonchev–Trinajstić information content (AvgIpc) is 2.83. The number of furan rings is 1. The minimum Gasteiger partial charge on any atom is -0.445 e. The van der Waals surface area contributed by atoms with Crippen LogP contribution in [0.4, 0.5) is 10.3 Å². The van der Waals surface area contributed by atoms with Crippen LogP contribution in [0.15, 0.2) is 33.7 Å². The lowest BCUT2D eigenvalue weighted by Crippen LogP contribution is -2.15. The second-order valence-electron chi connectivity index (χ2n) is 4.63. The van der Waals surface area contributed by atoms with E-state index in [1.165, 1.54) is 12.1 Å². The molecule has 1 atom stereocenters. The molecule has 0 bridgehead atoms. The Morgan fingerprint density at radius 3 is 2.57 bits per heavy atom. The van der Waals surface area contributed by atoms with Crippen molar-refractivity contribution in [3.63, 3.8) is 0 Å². The number of aryl methyl sites for hydroxylation is 1. The molecule has 21 heavy (non-hydrogen) atoms. The molecular weight excluding hydrogens is 307 g/mol. The van der Waals surface area contributed by atoms with E-state index in [0.717, 1.165) is 33.5 Å². The van der Waals surface area contributed by atoms with Crippen LogP contribution in [0.3, 0.4) is 0 Å². The number of fused-ring (bicyclic) bond motifs is 1. The van der Waals surface area contributed by atoms with Gasteiger partial charge in [-0.3, -0.25) is 0 Å². The van der Waals surface area contributed by atoms with E-state index in [4.69, 9.17) is 4.42 Å². The van der Waals surface area contributed by atoms with Gasteiger partial charge in [-0.05, 0) is 37.1 Å². The maximum atomic E-state index is 13.1. The Balaban J connectivity index is 2.14. The first-order chi connectivity index (χ1) is 10.1. The Bertz CT molecular complexity index is 694. The molecule has 1 aliphatic rings. The first-order valence-corrected chi connectivity index (χ1v) is 8.96. The van der Waals surface area contributed by atoms with E-state index in [2.05, 4.69) is 10.3 Å². The fourth-order valence-corrected chi connectivity index (χ4v) is 3.58. The Labute approximate surface area is 131 Å². The molecule has 0 radical (unpaired) electrons. The minimum absolute atomic E-state index is 0.0128. The molecule has 0 saturated carbocycles. The monoisotopic (exact) mass is 322 g/mol. The SMILES string of the molecule is CSC1=NC(SC)c2c(oc(C)c2-c2ccc(F)cc2)N1. The van der Waals surface area contributed by atoms with Crippen LogP contribution in [-0.2, 0) is 0 Å². The number of aliphatic imine (C=N–C) groups is 1. The fourth-order valence-electron chi connectivity index (χ4n) is 2.44. The largest absolute Gasteiger partial charge is 0.445 e. The summed E-state index contributed by atoms with van der Waals surface area (Å²) in [5.41, 5.74) is 2.98. The summed E-state index contributed by atoms with van der Waals surface area (Å²) < 4.78 is 19.0. The second kappa shape index (κ2) is 5.77. The van der Waals surface area contributed by atoms with Crippen LogP contribution in [0.1, 0.15) is 16.7 Å². The molecule has 2 heterocycles. The zero-order chi connectivity index (χ0) is 15.0. The van der Waals surface area contributed by atoms with E-state index < -0.39 is 0 Å². The number of anilines is 1. The molecule has 0 amide bonds. The molecule has 3 nitrogen and oxygen atoms in total. The molecule has 1 aromatic carbocycles. The van der Waals surface area contributed by atoms with E-state index in [1.807, 2.05) is 19.4 Å². The highest BCUT2D eigenvalue weighted by Gasteiger charge is 2.29. The van der Waals surface area contributed by atoms with Crippen molar-refractivity contribution in [2.75, 3.05) is 17.8 Å². The number of amidine groups is 1. The average molecular weight is 322 g/mol. The molecule has 0 fully saturated rings. The molecule has 3 rings (SSSR count). The van der Waals surface area contributed by atoms with Gasteiger partial charge in [0.25, 0.3) is 0 Å². The van der Waals surface area contributed by atoms with Gasteiger partial charge >= 0.3 is 0 Å². The van der Waals surface area contributed by atoms with Crippen LogP contribution in [0.25, 0.3) is 11.1 Å². The Hall–Kier alpha value is -1.40. The van der Waals surface area contributed by atoms with Gasteiger partial charge in [-0.2, -0.15) is 0 Å². The molecule has 0 spiro atoms. The summed E-state index contributed by atoms with van der Waals surface area (Å²) in [6.45, 7) is 1.93. The first kappa shape index (κ1) is 14.5. The van der Waals surface area contributed by atoms with Crippen LogP contribution in [-0.4, -0.2) is 17.7 Å². The predicted octanol–water partition coefficient (Wildman–Crippen LogP) is 4.90. The second-order valence-corrected chi connectivity index (χ2v) is 6.35. The van der Waals surface area contributed by atoms with Crippen molar-refractivity contribution in [1.29, 1.82) is 0 Å². The third-order valence-electron chi connectivity index (χ3n) is 3.37. The highest BCUT2D eigenvalue weighted by atomic mass is 32.2. The van der Waals surface area contributed by atoms with Gasteiger partial charge in [-0.15, -0.1) is 11.8 Å². The Kier molecular flexibility index (Phi) is 3.99. The van der Waals surface area contributed by atoms with Gasteiger partial charge in [0.1, 0.15) is 17.0 Å². The van der Waals surface area contributed by atoms with Gasteiger partial charge in [-0.1, -0.05) is 23.9 Å². The minimum atomic E-state index is -0.240. The summed E-state index contributed by atoms with van der Waals surface area (Å²) in [5, 5.41) is 4.05. The summed E-state index contributed by atoms with van der Waals surface area (Å²) in [7, 11) is 0.